The summed E-state index contributed by atoms with van der Waals surface area (Å²) in [6, 6.07) is 15.1. The van der Waals surface area contributed by atoms with Gasteiger partial charge in [-0.2, -0.15) is 13.2 Å². The number of halogens is 5. The fourth-order valence-corrected chi connectivity index (χ4v) is 4.41. The van der Waals surface area contributed by atoms with Gasteiger partial charge in [-0.25, -0.2) is 8.78 Å². The lowest BCUT2D eigenvalue weighted by molar-refractivity contribution is -0.137. The maximum atomic E-state index is 12.8. The Bertz CT molecular complexity index is 1170. The first kappa shape index (κ1) is 25.1. The highest BCUT2D eigenvalue weighted by Crippen LogP contribution is 2.34. The van der Waals surface area contributed by atoms with Crippen LogP contribution in [0.1, 0.15) is 35.7 Å². The number of hydrogen-bond acceptors (Lipinski definition) is 3. The zero-order chi connectivity index (χ0) is 25.2. The third-order valence-corrected chi connectivity index (χ3v) is 6.58. The van der Waals surface area contributed by atoms with Crippen molar-refractivity contribution in [1.82, 2.24) is 4.90 Å². The van der Waals surface area contributed by atoms with Crippen molar-refractivity contribution in [1.29, 1.82) is 0 Å². The van der Waals surface area contributed by atoms with Gasteiger partial charge in [0.15, 0.2) is 5.78 Å². The number of carbonyl (C=O) groups is 1. The predicted octanol–water partition coefficient (Wildman–Crippen LogP) is 7.45. The largest absolute Gasteiger partial charge is 0.457 e. The van der Waals surface area contributed by atoms with Crippen molar-refractivity contribution < 1.29 is 31.5 Å². The van der Waals surface area contributed by atoms with E-state index in [1.54, 1.807) is 35.2 Å². The van der Waals surface area contributed by atoms with E-state index in [1.807, 2.05) is 6.07 Å². The van der Waals surface area contributed by atoms with E-state index in [-0.39, 0.29) is 24.0 Å². The van der Waals surface area contributed by atoms with Gasteiger partial charge < -0.3 is 4.74 Å². The summed E-state index contributed by atoms with van der Waals surface area (Å²) in [6.07, 6.45) is -5.66. The second-order valence-corrected chi connectivity index (χ2v) is 9.13. The van der Waals surface area contributed by atoms with Gasteiger partial charge in [0.2, 0.25) is 0 Å². The smallest absolute Gasteiger partial charge is 0.416 e. The van der Waals surface area contributed by atoms with Gasteiger partial charge in [0.1, 0.15) is 11.5 Å². The van der Waals surface area contributed by atoms with E-state index in [0.717, 1.165) is 22.9 Å². The molecule has 35 heavy (non-hydrogen) atoms. The summed E-state index contributed by atoms with van der Waals surface area (Å²) < 4.78 is 69.0. The van der Waals surface area contributed by atoms with Crippen molar-refractivity contribution in [2.45, 2.75) is 32.4 Å². The van der Waals surface area contributed by atoms with Gasteiger partial charge in [0.05, 0.1) is 12.1 Å². The second kappa shape index (κ2) is 10.3. The number of fused-ring (bicyclic) bond motifs is 1. The molecule has 0 aromatic heterocycles. The maximum Gasteiger partial charge on any atom is 0.416 e. The van der Waals surface area contributed by atoms with Crippen LogP contribution in [0.25, 0.3) is 10.8 Å². The van der Waals surface area contributed by atoms with E-state index < -0.39 is 18.2 Å². The number of nitrogens with zero attached hydrogens (tertiary/aromatic N) is 1. The molecule has 3 nitrogen and oxygen atoms in total. The first-order chi connectivity index (χ1) is 16.6. The second-order valence-electron chi connectivity index (χ2n) is 9.13. The Morgan fingerprint density at radius 1 is 1.06 bits per heavy atom. The number of Topliss-reactive ketones (excluding diaryl/α,β-unsaturated/α-hetero) is 1. The van der Waals surface area contributed by atoms with Crippen LogP contribution >= 0.6 is 0 Å². The number of ketones is 1. The number of rotatable bonds is 9. The monoisotopic (exact) mass is 491 g/mol. The molecule has 1 heterocycles. The van der Waals surface area contributed by atoms with Gasteiger partial charge in [0, 0.05) is 30.5 Å². The molecule has 3 aromatic rings. The van der Waals surface area contributed by atoms with Gasteiger partial charge in [-0.1, -0.05) is 25.1 Å². The maximum absolute atomic E-state index is 12.8. The molecule has 1 saturated heterocycles. The Balaban J connectivity index is 1.38. The Labute approximate surface area is 200 Å². The molecule has 0 aliphatic carbocycles. The Kier molecular flexibility index (Phi) is 7.40. The summed E-state index contributed by atoms with van der Waals surface area (Å²) in [5.74, 6) is 1.38. The van der Waals surface area contributed by atoms with Gasteiger partial charge in [-0.3, -0.25) is 9.69 Å². The number of carbonyl (C=O) groups excluding carboxylic acids is 1. The van der Waals surface area contributed by atoms with Gasteiger partial charge >= 0.3 is 6.18 Å². The summed E-state index contributed by atoms with van der Waals surface area (Å²) in [7, 11) is 0. The molecule has 0 unspecified atom stereocenters. The van der Waals surface area contributed by atoms with Crippen LogP contribution in [0, 0.1) is 11.8 Å². The summed E-state index contributed by atoms with van der Waals surface area (Å²) in [6.45, 7) is 3.17. The summed E-state index contributed by atoms with van der Waals surface area (Å²) >= 11 is 0. The molecule has 8 heteroatoms. The van der Waals surface area contributed by atoms with Crippen LogP contribution in [-0.4, -0.2) is 36.7 Å². The van der Waals surface area contributed by atoms with Crippen molar-refractivity contribution in [3.63, 3.8) is 0 Å². The standard InChI is InChI=1S/C27H26F5NO2/c1-17(20-14-33(15-20)16-26(28)29)5-12-24(34)19-6-11-23-18(13-19)3-2-4-25(23)35-22-9-7-21(8-10-22)27(30,31)32/h2-4,6-11,13,17,20,26H,5,12,14-16H2,1H3/t17-/m0/s1. The molecule has 0 N–H and O–H groups in total. The third-order valence-electron chi connectivity index (χ3n) is 6.58. The lowest BCUT2D eigenvalue weighted by Gasteiger charge is -2.42. The minimum atomic E-state index is -4.41. The first-order valence-electron chi connectivity index (χ1n) is 11.5. The van der Waals surface area contributed by atoms with Gasteiger partial charge in [-0.05, 0) is 66.1 Å². The lowest BCUT2D eigenvalue weighted by atomic mass is 9.83. The van der Waals surface area contributed by atoms with Crippen LogP contribution in [0.5, 0.6) is 11.5 Å². The summed E-state index contributed by atoms with van der Waals surface area (Å²) in [5.41, 5.74) is -0.174. The fraction of sp³-hybridized carbons (Fsp3) is 0.370. The zero-order valence-corrected chi connectivity index (χ0v) is 19.2. The van der Waals surface area contributed by atoms with Gasteiger partial charge in [0.25, 0.3) is 6.43 Å². The Morgan fingerprint density at radius 2 is 1.77 bits per heavy atom. The van der Waals surface area contributed by atoms with Crippen LogP contribution in [0.3, 0.4) is 0 Å². The molecular formula is C27H26F5NO2. The van der Waals surface area contributed by atoms with Crippen LogP contribution in [0.2, 0.25) is 0 Å². The lowest BCUT2D eigenvalue weighted by Crippen LogP contribution is -2.51. The molecule has 1 aliphatic heterocycles. The van der Waals surface area contributed by atoms with E-state index in [9.17, 15) is 26.7 Å². The Morgan fingerprint density at radius 3 is 2.43 bits per heavy atom. The van der Waals surface area contributed by atoms with Gasteiger partial charge in [-0.15, -0.1) is 0 Å². The number of likely N-dealkylation sites (tertiary alicyclic amines) is 1. The van der Waals surface area contributed by atoms with E-state index in [4.69, 9.17) is 4.74 Å². The molecule has 0 saturated carbocycles. The van der Waals surface area contributed by atoms with E-state index in [0.29, 0.717) is 43.2 Å². The van der Waals surface area contributed by atoms with E-state index >= 15 is 0 Å². The fourth-order valence-electron chi connectivity index (χ4n) is 4.41. The van der Waals surface area contributed by atoms with Crippen molar-refractivity contribution in [3.8, 4) is 11.5 Å². The van der Waals surface area contributed by atoms with Crippen molar-refractivity contribution in [3.05, 3.63) is 71.8 Å². The molecule has 4 rings (SSSR count). The summed E-state index contributed by atoms with van der Waals surface area (Å²) in [4.78, 5) is 14.5. The van der Waals surface area contributed by atoms with E-state index in [1.165, 1.54) is 12.1 Å². The number of ether oxygens (including phenoxy) is 1. The third kappa shape index (κ3) is 6.17. The summed E-state index contributed by atoms with van der Waals surface area (Å²) in [5, 5.41) is 1.53. The van der Waals surface area contributed by atoms with Crippen LogP contribution in [-0.2, 0) is 6.18 Å². The van der Waals surface area contributed by atoms with Crippen molar-refractivity contribution in [2.75, 3.05) is 19.6 Å². The predicted molar refractivity (Wildman–Crippen MR) is 124 cm³/mol. The van der Waals surface area contributed by atoms with Crippen molar-refractivity contribution in [2.24, 2.45) is 11.8 Å². The highest BCUT2D eigenvalue weighted by molar-refractivity contribution is 6.01. The number of alkyl halides is 5. The molecule has 0 amide bonds. The molecule has 1 aliphatic rings. The SMILES string of the molecule is C[C@@H](CCC(=O)c1ccc2c(Oc3ccc(C(F)(F)F)cc3)cccc2c1)C1CN(CC(F)F)C1. The van der Waals surface area contributed by atoms with Crippen molar-refractivity contribution >= 4 is 16.6 Å². The topological polar surface area (TPSA) is 29.5 Å². The molecule has 0 spiro atoms. The minimum absolute atomic E-state index is 0.0107. The molecule has 0 bridgehead atoms. The molecular weight excluding hydrogens is 465 g/mol. The quantitative estimate of drug-likeness (QED) is 0.230. The highest BCUT2D eigenvalue weighted by atomic mass is 19.4. The Hall–Kier alpha value is -3.00. The molecule has 0 radical (unpaired) electrons. The molecule has 1 fully saturated rings. The van der Waals surface area contributed by atoms with E-state index in [2.05, 4.69) is 6.92 Å². The first-order valence-corrected chi connectivity index (χ1v) is 11.5. The minimum Gasteiger partial charge on any atom is -0.457 e. The normalized spacial score (nSPS) is 15.9. The molecule has 1 atom stereocenters. The zero-order valence-electron chi connectivity index (χ0n) is 19.2. The van der Waals surface area contributed by atoms with Crippen LogP contribution < -0.4 is 4.74 Å². The highest BCUT2D eigenvalue weighted by Gasteiger charge is 2.32. The molecule has 186 valence electrons. The molecule has 3 aromatic carbocycles. The number of hydrogen-bond donors (Lipinski definition) is 0. The van der Waals surface area contributed by atoms with Crippen LogP contribution in [0.4, 0.5) is 22.0 Å². The number of benzene rings is 3. The average Bonchev–Trinajstić information content (AvgIpc) is 2.79. The average molecular weight is 492 g/mol. The van der Waals surface area contributed by atoms with Crippen LogP contribution in [0.15, 0.2) is 60.7 Å².